The minimum Gasteiger partial charge on any atom is -0.198 e. The van der Waals surface area contributed by atoms with E-state index in [1.165, 1.54) is 12.8 Å². The summed E-state index contributed by atoms with van der Waals surface area (Å²) in [7, 11) is 0. The number of nitrogens with zero attached hydrogens (tertiary/aromatic N) is 1. The molecule has 1 heteroatoms. The van der Waals surface area contributed by atoms with E-state index in [9.17, 15) is 0 Å². The van der Waals surface area contributed by atoms with Crippen molar-refractivity contribution in [3.63, 3.8) is 0 Å². The van der Waals surface area contributed by atoms with E-state index < -0.39 is 0 Å². The van der Waals surface area contributed by atoms with Gasteiger partial charge in [0.1, 0.15) is 0 Å². The molecule has 1 fully saturated rings. The Labute approximate surface area is 55.0 Å². The zero-order valence-electron chi connectivity index (χ0n) is 5.25. The molecule has 0 spiro atoms. The smallest absolute Gasteiger partial charge is 0.0668 e. The van der Waals surface area contributed by atoms with Crippen LogP contribution in [0.3, 0.4) is 0 Å². The molecule has 0 aromatic heterocycles. The molecule has 46 valence electrons. The van der Waals surface area contributed by atoms with Crippen LogP contribution in [0.1, 0.15) is 12.8 Å². The third-order valence-electron chi connectivity index (χ3n) is 2.51. The van der Waals surface area contributed by atoms with Gasteiger partial charge in [0.2, 0.25) is 0 Å². The van der Waals surface area contributed by atoms with Crippen LogP contribution < -0.4 is 0 Å². The lowest BCUT2D eigenvalue weighted by Gasteiger charge is -2.01. The van der Waals surface area contributed by atoms with Crippen molar-refractivity contribution in [2.45, 2.75) is 12.8 Å². The highest BCUT2D eigenvalue weighted by Crippen LogP contribution is 2.43. The van der Waals surface area contributed by atoms with Gasteiger partial charge in [0.05, 0.1) is 12.0 Å². The van der Waals surface area contributed by atoms with Crippen molar-refractivity contribution in [1.82, 2.24) is 0 Å². The molecule has 2 bridgehead atoms. The summed E-state index contributed by atoms with van der Waals surface area (Å²) in [5, 5.41) is 8.66. The fourth-order valence-electron chi connectivity index (χ4n) is 1.97. The Bertz CT molecular complexity index is 173. The van der Waals surface area contributed by atoms with Gasteiger partial charge in [-0.2, -0.15) is 5.26 Å². The maximum Gasteiger partial charge on any atom is 0.0668 e. The maximum absolute atomic E-state index is 8.66. The fourth-order valence-corrected chi connectivity index (χ4v) is 1.97. The molecule has 2 rings (SSSR count). The molecule has 2 aliphatic rings. The third-order valence-corrected chi connectivity index (χ3v) is 2.51. The van der Waals surface area contributed by atoms with Gasteiger partial charge >= 0.3 is 0 Å². The lowest BCUT2D eigenvalue weighted by Crippen LogP contribution is -2.02. The zero-order chi connectivity index (χ0) is 6.27. The van der Waals surface area contributed by atoms with Crippen molar-refractivity contribution in [2.75, 3.05) is 0 Å². The predicted octanol–water partition coefficient (Wildman–Crippen LogP) is 1.72. The third kappa shape index (κ3) is 0.535. The summed E-state index contributed by atoms with van der Waals surface area (Å²) in [6, 6.07) is 2.36. The van der Waals surface area contributed by atoms with E-state index in [2.05, 4.69) is 18.2 Å². The molecule has 2 unspecified atom stereocenters. The predicted molar refractivity (Wildman–Crippen MR) is 34.5 cm³/mol. The molecule has 1 saturated carbocycles. The first-order valence-electron chi connectivity index (χ1n) is 3.50. The van der Waals surface area contributed by atoms with Crippen LogP contribution in [-0.2, 0) is 0 Å². The van der Waals surface area contributed by atoms with Crippen LogP contribution in [0.25, 0.3) is 0 Å². The van der Waals surface area contributed by atoms with E-state index >= 15 is 0 Å². The molecule has 0 heterocycles. The average molecular weight is 119 g/mol. The molecule has 0 aliphatic heterocycles. The van der Waals surface area contributed by atoms with Crippen LogP contribution in [0.15, 0.2) is 12.2 Å². The first-order chi connectivity index (χ1) is 4.42. The maximum atomic E-state index is 8.66. The molecule has 1 nitrogen and oxygen atoms in total. The van der Waals surface area contributed by atoms with Gasteiger partial charge in [0, 0.05) is 0 Å². The normalized spacial score (nSPS) is 45.4. The highest BCUT2D eigenvalue weighted by molar-refractivity contribution is 5.17. The monoisotopic (exact) mass is 119 g/mol. The minimum absolute atomic E-state index is 0.338. The van der Waals surface area contributed by atoms with Crippen LogP contribution in [0.4, 0.5) is 0 Å². The van der Waals surface area contributed by atoms with E-state index in [-0.39, 0.29) is 0 Å². The van der Waals surface area contributed by atoms with Crippen molar-refractivity contribution in [3.8, 4) is 6.07 Å². The van der Waals surface area contributed by atoms with Gasteiger partial charge in [0.25, 0.3) is 0 Å². The van der Waals surface area contributed by atoms with Crippen molar-refractivity contribution in [2.24, 2.45) is 17.8 Å². The second-order valence-electron chi connectivity index (χ2n) is 2.94. The molecule has 0 saturated heterocycles. The summed E-state index contributed by atoms with van der Waals surface area (Å²) < 4.78 is 0. The van der Waals surface area contributed by atoms with Crippen LogP contribution >= 0.6 is 0 Å². The molecular weight excluding hydrogens is 110 g/mol. The number of hydrogen-bond acceptors (Lipinski definition) is 1. The van der Waals surface area contributed by atoms with E-state index in [4.69, 9.17) is 5.26 Å². The Hall–Kier alpha value is -0.770. The highest BCUT2D eigenvalue weighted by atomic mass is 14.4. The zero-order valence-corrected chi connectivity index (χ0v) is 5.25. The van der Waals surface area contributed by atoms with Gasteiger partial charge in [-0.05, 0) is 24.7 Å². The number of nitriles is 1. The number of fused-ring (bicyclic) bond motifs is 2. The highest BCUT2D eigenvalue weighted by Gasteiger charge is 2.37. The van der Waals surface area contributed by atoms with Crippen LogP contribution in [0.5, 0.6) is 0 Å². The van der Waals surface area contributed by atoms with E-state index in [0.717, 1.165) is 0 Å². The molecule has 9 heavy (non-hydrogen) atoms. The first-order valence-corrected chi connectivity index (χ1v) is 3.50. The quantitative estimate of drug-likeness (QED) is 0.445. The summed E-state index contributed by atoms with van der Waals surface area (Å²) in [5.41, 5.74) is 0. The lowest BCUT2D eigenvalue weighted by molar-refractivity contribution is 0.545. The van der Waals surface area contributed by atoms with Crippen LogP contribution in [-0.4, -0.2) is 0 Å². The van der Waals surface area contributed by atoms with Crippen molar-refractivity contribution < 1.29 is 0 Å². The lowest BCUT2D eigenvalue weighted by atomic mass is 9.99. The molecule has 0 radical (unpaired) electrons. The topological polar surface area (TPSA) is 23.8 Å². The van der Waals surface area contributed by atoms with E-state index in [1.54, 1.807) is 0 Å². The van der Waals surface area contributed by atoms with Crippen molar-refractivity contribution in [1.29, 1.82) is 5.26 Å². The second-order valence-corrected chi connectivity index (χ2v) is 2.94. The summed E-state index contributed by atoms with van der Waals surface area (Å²) in [6.07, 6.45) is 6.92. The Morgan fingerprint density at radius 3 is 2.00 bits per heavy atom. The van der Waals surface area contributed by atoms with Gasteiger partial charge < -0.3 is 0 Å². The van der Waals surface area contributed by atoms with Crippen molar-refractivity contribution >= 4 is 0 Å². The van der Waals surface area contributed by atoms with Gasteiger partial charge in [-0.15, -0.1) is 0 Å². The first kappa shape index (κ1) is 5.05. The van der Waals surface area contributed by atoms with Gasteiger partial charge in [-0.3, -0.25) is 0 Å². The van der Waals surface area contributed by atoms with Gasteiger partial charge in [-0.25, -0.2) is 0 Å². The summed E-state index contributed by atoms with van der Waals surface area (Å²) in [4.78, 5) is 0. The fraction of sp³-hybridized carbons (Fsp3) is 0.625. The molecule has 0 N–H and O–H groups in total. The molecular formula is C8H9N. The molecule has 0 amide bonds. The Kier molecular flexibility index (Phi) is 0.900. The average Bonchev–Trinajstić information content (AvgIpc) is 2.44. The Morgan fingerprint density at radius 2 is 1.78 bits per heavy atom. The van der Waals surface area contributed by atoms with E-state index in [0.29, 0.717) is 17.8 Å². The number of rotatable bonds is 0. The summed E-state index contributed by atoms with van der Waals surface area (Å²) in [5.74, 6) is 1.56. The summed E-state index contributed by atoms with van der Waals surface area (Å²) in [6.45, 7) is 0. The van der Waals surface area contributed by atoms with Crippen molar-refractivity contribution in [3.05, 3.63) is 12.2 Å². The van der Waals surface area contributed by atoms with Gasteiger partial charge in [-0.1, -0.05) is 12.2 Å². The molecule has 0 aromatic rings. The molecule has 0 aromatic carbocycles. The standard InChI is InChI=1S/C8H9N/c9-5-8-6-1-2-7(8)4-3-6/h1-2,6-8H,3-4H2. The second kappa shape index (κ2) is 1.60. The largest absolute Gasteiger partial charge is 0.198 e. The van der Waals surface area contributed by atoms with Crippen LogP contribution in [0, 0.1) is 29.1 Å². The number of hydrogen-bond donors (Lipinski definition) is 0. The minimum atomic E-state index is 0.338. The summed E-state index contributed by atoms with van der Waals surface area (Å²) >= 11 is 0. The molecule has 2 atom stereocenters. The Morgan fingerprint density at radius 1 is 1.22 bits per heavy atom. The van der Waals surface area contributed by atoms with E-state index in [1.807, 2.05) is 0 Å². The SMILES string of the molecule is N#CC1C2C=CC1CC2. The molecule has 2 aliphatic carbocycles. The Balaban J connectivity index is 2.27. The van der Waals surface area contributed by atoms with Gasteiger partial charge in [0.15, 0.2) is 0 Å². The number of allylic oxidation sites excluding steroid dienone is 2. The van der Waals surface area contributed by atoms with Crippen LogP contribution in [0.2, 0.25) is 0 Å².